The molecule has 0 saturated carbocycles. The van der Waals surface area contributed by atoms with Gasteiger partial charge in [0.05, 0.1) is 5.92 Å². The summed E-state index contributed by atoms with van der Waals surface area (Å²) < 4.78 is 4.54. The average molecular weight is 328 g/mol. The quantitative estimate of drug-likeness (QED) is 0.522. The number of esters is 1. The molecule has 106 valence electrons. The van der Waals surface area contributed by atoms with Crippen molar-refractivity contribution >= 4 is 21.9 Å². The molecule has 0 bridgehead atoms. The summed E-state index contributed by atoms with van der Waals surface area (Å²) in [5.41, 5.74) is 6.69. The second-order valence-corrected chi connectivity index (χ2v) is 6.94. The van der Waals surface area contributed by atoms with E-state index in [1.165, 1.54) is 0 Å². The van der Waals surface area contributed by atoms with Crippen molar-refractivity contribution < 1.29 is 9.53 Å². The van der Waals surface area contributed by atoms with E-state index in [9.17, 15) is 4.79 Å². The Morgan fingerprint density at radius 1 is 1.32 bits per heavy atom. The Kier molecular flexibility index (Phi) is 5.16. The molecule has 0 radical (unpaired) electrons. The molecule has 0 spiro atoms. The Bertz CT molecular complexity index is 424. The maximum Gasteiger partial charge on any atom is 0.312 e. The summed E-state index contributed by atoms with van der Waals surface area (Å²) in [7, 11) is 0. The van der Waals surface area contributed by atoms with E-state index in [1.54, 1.807) is 0 Å². The molecule has 4 heteroatoms. The van der Waals surface area contributed by atoms with E-state index >= 15 is 0 Å². The Morgan fingerprint density at radius 3 is 2.26 bits per heavy atom. The van der Waals surface area contributed by atoms with E-state index < -0.39 is 16.0 Å². The van der Waals surface area contributed by atoms with Crippen LogP contribution < -0.4 is 5.73 Å². The number of ether oxygens (including phenoxy) is 1. The van der Waals surface area contributed by atoms with Crippen LogP contribution >= 0.6 is 15.9 Å². The van der Waals surface area contributed by atoms with Gasteiger partial charge in [0.25, 0.3) is 0 Å². The Balaban J connectivity index is 2.99. The Hall–Kier alpha value is -0.870. The monoisotopic (exact) mass is 327 g/mol. The van der Waals surface area contributed by atoms with E-state index in [0.29, 0.717) is 6.42 Å². The summed E-state index contributed by atoms with van der Waals surface area (Å²) in [6.45, 7) is 7.49. The van der Waals surface area contributed by atoms with Crippen LogP contribution in [0, 0.1) is 5.92 Å². The van der Waals surface area contributed by atoms with Gasteiger partial charge >= 0.3 is 5.97 Å². The highest BCUT2D eigenvalue weighted by Gasteiger charge is 2.40. The van der Waals surface area contributed by atoms with E-state index in [2.05, 4.69) is 15.9 Å². The second kappa shape index (κ2) is 6.06. The topological polar surface area (TPSA) is 52.3 Å². The fourth-order valence-corrected chi connectivity index (χ4v) is 2.68. The molecule has 2 unspecified atom stereocenters. The van der Waals surface area contributed by atoms with Crippen molar-refractivity contribution in [2.45, 2.75) is 44.2 Å². The van der Waals surface area contributed by atoms with Gasteiger partial charge in [-0.3, -0.25) is 4.79 Å². The number of carbonyl (C=O) groups excluding carboxylic acids is 1. The molecule has 0 aliphatic rings. The average Bonchev–Trinajstić information content (AvgIpc) is 2.28. The fourth-order valence-electron chi connectivity index (χ4n) is 1.90. The molecule has 0 aliphatic heterocycles. The summed E-state index contributed by atoms with van der Waals surface area (Å²) in [5.74, 6) is -0.715. The van der Waals surface area contributed by atoms with Crippen LogP contribution in [0.1, 0.15) is 39.7 Å². The van der Waals surface area contributed by atoms with Crippen LogP contribution in [0.2, 0.25) is 0 Å². The first-order chi connectivity index (χ1) is 8.68. The summed E-state index contributed by atoms with van der Waals surface area (Å²) in [4.78, 5) is 12.3. The number of carbonyl (C=O) groups is 1. The molecule has 3 nitrogen and oxygen atoms in total. The number of hydrogen-bond acceptors (Lipinski definition) is 3. The predicted octanol–water partition coefficient (Wildman–Crippen LogP) is 3.56. The zero-order valence-corrected chi connectivity index (χ0v) is 13.5. The van der Waals surface area contributed by atoms with Gasteiger partial charge < -0.3 is 10.5 Å². The van der Waals surface area contributed by atoms with Crippen LogP contribution in [0.15, 0.2) is 30.3 Å². The Labute approximate surface area is 123 Å². The van der Waals surface area contributed by atoms with Crippen molar-refractivity contribution in [3.05, 3.63) is 35.9 Å². The molecule has 2 atom stereocenters. The zero-order chi connectivity index (χ0) is 14.7. The first-order valence-corrected chi connectivity index (χ1v) is 7.24. The van der Waals surface area contributed by atoms with E-state index in [0.717, 1.165) is 5.56 Å². The lowest BCUT2D eigenvalue weighted by Gasteiger charge is -2.32. The molecular weight excluding hydrogens is 306 g/mol. The van der Waals surface area contributed by atoms with Crippen molar-refractivity contribution in [2.75, 3.05) is 0 Å². The van der Waals surface area contributed by atoms with Gasteiger partial charge in [0.1, 0.15) is 10.0 Å². The summed E-state index contributed by atoms with van der Waals surface area (Å²) in [5, 5.41) is 0. The van der Waals surface area contributed by atoms with Crippen molar-refractivity contribution in [1.29, 1.82) is 0 Å². The van der Waals surface area contributed by atoms with E-state index in [1.807, 2.05) is 58.0 Å². The fraction of sp³-hybridized carbons (Fsp3) is 0.533. The minimum atomic E-state index is -0.911. The maximum atomic E-state index is 12.3. The van der Waals surface area contributed by atoms with E-state index in [4.69, 9.17) is 10.5 Å². The molecule has 0 heterocycles. The maximum absolute atomic E-state index is 12.3. The lowest BCUT2D eigenvalue weighted by molar-refractivity contribution is -0.161. The van der Waals surface area contributed by atoms with Crippen molar-refractivity contribution in [3.8, 4) is 0 Å². The van der Waals surface area contributed by atoms with Gasteiger partial charge in [0.15, 0.2) is 0 Å². The molecular formula is C15H22BrNO2. The third-order valence-corrected chi connectivity index (χ3v) is 3.83. The van der Waals surface area contributed by atoms with Crippen LogP contribution in [0.25, 0.3) is 0 Å². The van der Waals surface area contributed by atoms with Crippen molar-refractivity contribution in [3.63, 3.8) is 0 Å². The highest BCUT2D eigenvalue weighted by atomic mass is 79.9. The largest absolute Gasteiger partial charge is 0.460 e. The van der Waals surface area contributed by atoms with Gasteiger partial charge in [-0.15, -0.1) is 0 Å². The first kappa shape index (κ1) is 16.2. The van der Waals surface area contributed by atoms with Crippen molar-refractivity contribution in [1.82, 2.24) is 0 Å². The van der Waals surface area contributed by atoms with Crippen LogP contribution in [-0.4, -0.2) is 11.6 Å². The van der Waals surface area contributed by atoms with Gasteiger partial charge in [0, 0.05) is 0 Å². The highest BCUT2D eigenvalue weighted by Crippen LogP contribution is 2.36. The van der Waals surface area contributed by atoms with Gasteiger partial charge in [-0.1, -0.05) is 53.2 Å². The number of alkyl halides is 1. The van der Waals surface area contributed by atoms with Gasteiger partial charge in [-0.2, -0.15) is 0 Å². The number of nitrogens with two attached hydrogens (primary N) is 1. The lowest BCUT2D eigenvalue weighted by Crippen LogP contribution is -2.44. The number of rotatable bonds is 4. The zero-order valence-electron chi connectivity index (χ0n) is 11.9. The summed E-state index contributed by atoms with van der Waals surface area (Å²) in [6, 6.07) is 9.53. The third kappa shape index (κ3) is 4.32. The smallest absolute Gasteiger partial charge is 0.312 e. The molecule has 0 aliphatic carbocycles. The number of benzene rings is 1. The molecule has 0 amide bonds. The van der Waals surface area contributed by atoms with Gasteiger partial charge in [-0.05, 0) is 32.8 Å². The Morgan fingerprint density at radius 2 is 1.84 bits per heavy atom. The van der Waals surface area contributed by atoms with Crippen LogP contribution in [0.3, 0.4) is 0 Å². The highest BCUT2D eigenvalue weighted by molar-refractivity contribution is 9.09. The molecule has 0 saturated heterocycles. The molecule has 1 rings (SSSR count). The molecule has 19 heavy (non-hydrogen) atoms. The minimum Gasteiger partial charge on any atom is -0.460 e. The standard InChI is InChI=1S/C15H22BrNO2/c1-5-12(13(18)19-14(2,3)4)15(16,17)11-9-7-6-8-10-11/h6-10,12H,5,17H2,1-4H3. The number of halogens is 1. The molecule has 1 aromatic rings. The van der Waals surface area contributed by atoms with Crippen LogP contribution in [0.5, 0.6) is 0 Å². The summed E-state index contributed by atoms with van der Waals surface area (Å²) >= 11 is 3.50. The van der Waals surface area contributed by atoms with Crippen LogP contribution in [-0.2, 0) is 14.0 Å². The van der Waals surface area contributed by atoms with E-state index in [-0.39, 0.29) is 5.97 Å². The minimum absolute atomic E-state index is 0.279. The second-order valence-electron chi connectivity index (χ2n) is 5.63. The summed E-state index contributed by atoms with van der Waals surface area (Å²) in [6.07, 6.45) is 0.603. The third-order valence-electron chi connectivity index (χ3n) is 2.82. The lowest BCUT2D eigenvalue weighted by atomic mass is 9.91. The molecule has 0 aromatic heterocycles. The van der Waals surface area contributed by atoms with Crippen LogP contribution in [0.4, 0.5) is 0 Å². The predicted molar refractivity (Wildman–Crippen MR) is 80.9 cm³/mol. The molecule has 1 aromatic carbocycles. The first-order valence-electron chi connectivity index (χ1n) is 6.44. The SMILES string of the molecule is CCC(C(=O)OC(C)(C)C)C(N)(Br)c1ccccc1. The number of hydrogen-bond donors (Lipinski definition) is 1. The van der Waals surface area contributed by atoms with Gasteiger partial charge in [0.2, 0.25) is 0 Å². The van der Waals surface area contributed by atoms with Gasteiger partial charge in [-0.25, -0.2) is 0 Å². The molecule has 2 N–H and O–H groups in total. The molecule has 0 fully saturated rings. The normalized spacial score (nSPS) is 16.5. The van der Waals surface area contributed by atoms with Crippen molar-refractivity contribution in [2.24, 2.45) is 11.7 Å².